The van der Waals surface area contributed by atoms with E-state index >= 15 is 0 Å². The molecule has 2 amide bonds. The van der Waals surface area contributed by atoms with Gasteiger partial charge in [-0.2, -0.15) is 0 Å². The van der Waals surface area contributed by atoms with Crippen LogP contribution < -0.4 is 10.6 Å². The molecule has 0 saturated carbocycles. The summed E-state index contributed by atoms with van der Waals surface area (Å²) in [4.78, 5) is 24.9. The van der Waals surface area contributed by atoms with Gasteiger partial charge in [0.2, 0.25) is 0 Å². The first-order chi connectivity index (χ1) is 12.9. The minimum absolute atomic E-state index is 0.109. The molecule has 1 saturated heterocycles. The van der Waals surface area contributed by atoms with E-state index < -0.39 is 6.10 Å². The van der Waals surface area contributed by atoms with Gasteiger partial charge in [0.05, 0.1) is 6.04 Å². The van der Waals surface area contributed by atoms with Crippen molar-refractivity contribution in [3.05, 3.63) is 64.7 Å². The molecular weight excluding hydrogens is 340 g/mol. The van der Waals surface area contributed by atoms with Gasteiger partial charge in [0.1, 0.15) is 6.10 Å². The Hall–Kier alpha value is -2.66. The second-order valence-electron chi connectivity index (χ2n) is 7.13. The van der Waals surface area contributed by atoms with Crippen LogP contribution in [0.25, 0.3) is 0 Å². The number of aryl methyl sites for hydroxylation is 2. The van der Waals surface area contributed by atoms with Crippen molar-refractivity contribution in [1.29, 1.82) is 0 Å². The van der Waals surface area contributed by atoms with Crippen LogP contribution in [0.3, 0.4) is 0 Å². The van der Waals surface area contributed by atoms with Gasteiger partial charge < -0.3 is 15.4 Å². The quantitative estimate of drug-likeness (QED) is 0.843. The molecule has 0 bridgehead atoms. The Morgan fingerprint density at radius 2 is 1.96 bits per heavy atom. The van der Waals surface area contributed by atoms with Crippen molar-refractivity contribution in [2.75, 3.05) is 11.9 Å². The number of nitrogens with one attached hydrogen (secondary N) is 2. The van der Waals surface area contributed by atoms with Crippen LogP contribution in [0.2, 0.25) is 0 Å². The van der Waals surface area contributed by atoms with Gasteiger partial charge >= 0.3 is 0 Å². The van der Waals surface area contributed by atoms with Crippen LogP contribution in [0.5, 0.6) is 0 Å². The molecule has 1 aliphatic heterocycles. The summed E-state index contributed by atoms with van der Waals surface area (Å²) in [5.41, 5.74) is 4.52. The molecule has 3 rings (SSSR count). The molecule has 0 aromatic heterocycles. The normalized spacial score (nSPS) is 17.4. The molecule has 0 spiro atoms. The Labute approximate surface area is 160 Å². The fourth-order valence-electron chi connectivity index (χ4n) is 3.33. The molecule has 0 radical (unpaired) electrons. The summed E-state index contributed by atoms with van der Waals surface area (Å²) in [6.45, 7) is 6.68. The highest BCUT2D eigenvalue weighted by Gasteiger charge is 2.23. The zero-order valence-electron chi connectivity index (χ0n) is 16.0. The number of hydrogen-bond donors (Lipinski definition) is 2. The highest BCUT2D eigenvalue weighted by atomic mass is 16.5. The Bertz CT molecular complexity index is 841. The number of hydrogen-bond acceptors (Lipinski definition) is 3. The Kier molecular flexibility index (Phi) is 5.91. The van der Waals surface area contributed by atoms with Gasteiger partial charge in [-0.1, -0.05) is 29.8 Å². The van der Waals surface area contributed by atoms with E-state index in [0.29, 0.717) is 17.9 Å². The fraction of sp³-hybridized carbons (Fsp3) is 0.364. The predicted octanol–water partition coefficient (Wildman–Crippen LogP) is 3.91. The summed E-state index contributed by atoms with van der Waals surface area (Å²) in [7, 11) is 0. The van der Waals surface area contributed by atoms with Gasteiger partial charge in [0.15, 0.2) is 0 Å². The van der Waals surface area contributed by atoms with Crippen LogP contribution >= 0.6 is 0 Å². The average molecular weight is 366 g/mol. The molecular formula is C22H26N2O3. The van der Waals surface area contributed by atoms with E-state index in [1.807, 2.05) is 20.8 Å². The summed E-state index contributed by atoms with van der Waals surface area (Å²) < 4.78 is 5.40. The third-order valence-electron chi connectivity index (χ3n) is 4.86. The van der Waals surface area contributed by atoms with Crippen molar-refractivity contribution in [3.63, 3.8) is 0 Å². The van der Waals surface area contributed by atoms with Crippen molar-refractivity contribution < 1.29 is 14.3 Å². The van der Waals surface area contributed by atoms with Crippen LogP contribution in [0, 0.1) is 13.8 Å². The van der Waals surface area contributed by atoms with Gasteiger partial charge in [0, 0.05) is 17.9 Å². The lowest BCUT2D eigenvalue weighted by Crippen LogP contribution is -2.28. The zero-order valence-corrected chi connectivity index (χ0v) is 16.0. The predicted molar refractivity (Wildman–Crippen MR) is 106 cm³/mol. The molecule has 2 N–H and O–H groups in total. The minimum Gasteiger partial charge on any atom is -0.368 e. The second kappa shape index (κ2) is 8.35. The van der Waals surface area contributed by atoms with Crippen LogP contribution in [-0.4, -0.2) is 24.5 Å². The van der Waals surface area contributed by atoms with E-state index in [1.54, 1.807) is 24.3 Å². The summed E-state index contributed by atoms with van der Waals surface area (Å²) in [6.07, 6.45) is 1.24. The van der Waals surface area contributed by atoms with E-state index in [0.717, 1.165) is 29.5 Å². The average Bonchev–Trinajstić information content (AvgIpc) is 3.18. The van der Waals surface area contributed by atoms with Gasteiger partial charge in [-0.15, -0.1) is 0 Å². The van der Waals surface area contributed by atoms with E-state index in [2.05, 4.69) is 28.8 Å². The molecule has 0 unspecified atom stereocenters. The molecule has 5 nitrogen and oxygen atoms in total. The van der Waals surface area contributed by atoms with Gasteiger partial charge in [0.25, 0.3) is 11.8 Å². The number of rotatable bonds is 5. The fourth-order valence-corrected chi connectivity index (χ4v) is 3.33. The number of ether oxygens (including phenoxy) is 1. The summed E-state index contributed by atoms with van der Waals surface area (Å²) in [5, 5.41) is 5.88. The van der Waals surface area contributed by atoms with E-state index in [1.165, 1.54) is 0 Å². The van der Waals surface area contributed by atoms with E-state index in [9.17, 15) is 9.59 Å². The van der Waals surface area contributed by atoms with Crippen molar-refractivity contribution in [1.82, 2.24) is 5.32 Å². The molecule has 142 valence electrons. The Balaban J connectivity index is 1.67. The third kappa shape index (κ3) is 4.74. The van der Waals surface area contributed by atoms with Crippen LogP contribution in [0.4, 0.5) is 5.69 Å². The smallest absolute Gasteiger partial charge is 0.253 e. The molecule has 5 heteroatoms. The summed E-state index contributed by atoms with van der Waals surface area (Å²) in [5.74, 6) is -0.328. The van der Waals surface area contributed by atoms with E-state index in [4.69, 9.17) is 4.74 Å². The molecule has 1 heterocycles. The van der Waals surface area contributed by atoms with Crippen LogP contribution in [-0.2, 0) is 9.53 Å². The molecule has 2 aromatic rings. The molecule has 1 fully saturated rings. The minimum atomic E-state index is -0.396. The van der Waals surface area contributed by atoms with Crippen molar-refractivity contribution in [2.45, 2.75) is 45.8 Å². The first kappa shape index (κ1) is 19.1. The maximum absolute atomic E-state index is 12.7. The van der Waals surface area contributed by atoms with E-state index in [-0.39, 0.29) is 17.9 Å². The number of benzene rings is 2. The lowest BCUT2D eigenvalue weighted by Gasteiger charge is -2.18. The highest BCUT2D eigenvalue weighted by Crippen LogP contribution is 2.20. The topological polar surface area (TPSA) is 67.4 Å². The number of anilines is 1. The lowest BCUT2D eigenvalue weighted by atomic mass is 9.99. The van der Waals surface area contributed by atoms with Gasteiger partial charge in [-0.05, 0) is 62.9 Å². The summed E-state index contributed by atoms with van der Waals surface area (Å²) >= 11 is 0. The standard InChI is InChI=1S/C22H26N2O3/c1-14-9-10-15(2)19(12-14)16(3)23-21(25)17-6-4-7-18(13-17)24-22(26)20-8-5-11-27-20/h4,6-7,9-10,12-13,16,20H,5,8,11H2,1-3H3,(H,23,25)(H,24,26)/t16-,20+/m0/s1. The monoisotopic (exact) mass is 366 g/mol. The SMILES string of the molecule is Cc1ccc(C)c([C@H](C)NC(=O)c2cccc(NC(=O)[C@H]3CCCO3)c2)c1. The van der Waals surface area contributed by atoms with Crippen molar-refractivity contribution in [2.24, 2.45) is 0 Å². The molecule has 2 atom stereocenters. The summed E-state index contributed by atoms with van der Waals surface area (Å²) in [6, 6.07) is 13.1. The maximum atomic E-state index is 12.7. The van der Waals surface area contributed by atoms with Gasteiger partial charge in [-0.3, -0.25) is 9.59 Å². The molecule has 27 heavy (non-hydrogen) atoms. The molecule has 1 aliphatic rings. The number of amides is 2. The first-order valence-corrected chi connectivity index (χ1v) is 9.34. The van der Waals surface area contributed by atoms with Gasteiger partial charge in [-0.25, -0.2) is 0 Å². The second-order valence-corrected chi connectivity index (χ2v) is 7.13. The Morgan fingerprint density at radius 1 is 1.15 bits per heavy atom. The maximum Gasteiger partial charge on any atom is 0.253 e. The zero-order chi connectivity index (χ0) is 19.4. The van der Waals surface area contributed by atoms with Crippen LogP contribution in [0.15, 0.2) is 42.5 Å². The first-order valence-electron chi connectivity index (χ1n) is 9.34. The lowest BCUT2D eigenvalue weighted by molar-refractivity contribution is -0.124. The number of carbonyl (C=O) groups is 2. The van der Waals surface area contributed by atoms with Crippen molar-refractivity contribution >= 4 is 17.5 Å². The van der Waals surface area contributed by atoms with Crippen LogP contribution in [0.1, 0.15) is 52.9 Å². The number of carbonyl (C=O) groups excluding carboxylic acids is 2. The van der Waals surface area contributed by atoms with Crippen molar-refractivity contribution in [3.8, 4) is 0 Å². The highest BCUT2D eigenvalue weighted by molar-refractivity contribution is 5.98. The Morgan fingerprint density at radius 3 is 2.70 bits per heavy atom. The molecule has 2 aromatic carbocycles. The molecule has 0 aliphatic carbocycles. The largest absolute Gasteiger partial charge is 0.368 e. The third-order valence-corrected chi connectivity index (χ3v) is 4.86.